The summed E-state index contributed by atoms with van der Waals surface area (Å²) in [5.74, 6) is -2.26. The molecular formula is C26H23ClN2O6. The molecule has 35 heavy (non-hydrogen) atoms. The zero-order valence-corrected chi connectivity index (χ0v) is 19.5. The van der Waals surface area contributed by atoms with Gasteiger partial charge in [0.15, 0.2) is 5.54 Å². The average Bonchev–Trinajstić information content (AvgIpc) is 3.17. The zero-order valence-electron chi connectivity index (χ0n) is 18.7. The maximum atomic E-state index is 12.6. The average molecular weight is 495 g/mol. The standard InChI is InChI=1S/C26H23ClN2O6/c1-26(14-30,24(32)33)29-23(31)15-10-11-21(27)22(12-15)28-25(34)35-13-20-18-8-4-2-6-16(18)17-7-3-5-9-19(17)20/h2-12,20,30H,13-14H2,1H3,(H,28,34)(H,29,31)(H,32,33). The molecule has 1 atom stereocenters. The van der Waals surface area contributed by atoms with Gasteiger partial charge in [-0.25, -0.2) is 9.59 Å². The Labute approximate surface area is 206 Å². The van der Waals surface area contributed by atoms with Gasteiger partial charge < -0.3 is 20.3 Å². The van der Waals surface area contributed by atoms with Gasteiger partial charge in [0.1, 0.15) is 6.61 Å². The SMILES string of the molecule is CC(CO)(NC(=O)c1ccc(Cl)c(NC(=O)OCC2c3ccccc3-c3ccccc32)c1)C(=O)O. The molecular weight excluding hydrogens is 472 g/mol. The number of aliphatic hydroxyl groups excluding tert-OH is 1. The van der Waals surface area contributed by atoms with Gasteiger partial charge in [-0.1, -0.05) is 60.1 Å². The molecule has 3 aromatic carbocycles. The van der Waals surface area contributed by atoms with Gasteiger partial charge in [-0.2, -0.15) is 0 Å². The smallest absolute Gasteiger partial charge is 0.411 e. The van der Waals surface area contributed by atoms with E-state index in [2.05, 4.69) is 10.6 Å². The Bertz CT molecular complexity index is 1270. The minimum atomic E-state index is -1.86. The number of amides is 2. The summed E-state index contributed by atoms with van der Waals surface area (Å²) in [6.45, 7) is 0.483. The Morgan fingerprint density at radius 1 is 1.00 bits per heavy atom. The summed E-state index contributed by atoms with van der Waals surface area (Å²) in [7, 11) is 0. The second kappa shape index (κ2) is 9.77. The number of carbonyl (C=O) groups is 3. The summed E-state index contributed by atoms with van der Waals surface area (Å²) in [5.41, 5.74) is 2.66. The van der Waals surface area contributed by atoms with Crippen molar-refractivity contribution in [3.05, 3.63) is 88.4 Å². The van der Waals surface area contributed by atoms with Crippen molar-refractivity contribution in [1.29, 1.82) is 0 Å². The lowest BCUT2D eigenvalue weighted by Crippen LogP contribution is -2.54. The zero-order chi connectivity index (χ0) is 25.2. The van der Waals surface area contributed by atoms with Gasteiger partial charge in [-0.3, -0.25) is 10.1 Å². The molecule has 1 unspecified atom stereocenters. The summed E-state index contributed by atoms with van der Waals surface area (Å²) in [6, 6.07) is 20.0. The maximum Gasteiger partial charge on any atom is 0.411 e. The van der Waals surface area contributed by atoms with E-state index in [1.807, 2.05) is 48.5 Å². The summed E-state index contributed by atoms with van der Waals surface area (Å²) in [5, 5.41) is 23.6. The van der Waals surface area contributed by atoms with Crippen molar-refractivity contribution < 1.29 is 29.3 Å². The van der Waals surface area contributed by atoms with E-state index in [9.17, 15) is 24.6 Å². The second-order valence-corrected chi connectivity index (χ2v) is 8.80. The molecule has 0 saturated heterocycles. The fourth-order valence-electron chi connectivity index (χ4n) is 3.99. The lowest BCUT2D eigenvalue weighted by molar-refractivity contribution is -0.145. The van der Waals surface area contributed by atoms with Gasteiger partial charge in [0.05, 0.1) is 17.3 Å². The molecule has 4 N–H and O–H groups in total. The highest BCUT2D eigenvalue weighted by atomic mass is 35.5. The van der Waals surface area contributed by atoms with Gasteiger partial charge in [0.2, 0.25) is 0 Å². The van der Waals surface area contributed by atoms with Crippen LogP contribution in [-0.4, -0.2) is 46.9 Å². The van der Waals surface area contributed by atoms with E-state index in [-0.39, 0.29) is 28.8 Å². The molecule has 0 fully saturated rings. The monoisotopic (exact) mass is 494 g/mol. The number of carboxylic acids is 1. The number of hydrogen-bond acceptors (Lipinski definition) is 5. The number of aliphatic carboxylic acids is 1. The van der Waals surface area contributed by atoms with E-state index in [1.54, 1.807) is 0 Å². The Morgan fingerprint density at radius 2 is 1.60 bits per heavy atom. The number of halogens is 1. The predicted octanol–water partition coefficient (Wildman–Crippen LogP) is 4.27. The number of carboxylic acid groups (broad SMARTS) is 1. The lowest BCUT2D eigenvalue weighted by atomic mass is 9.98. The normalized spacial score (nSPS) is 13.8. The number of aliphatic hydroxyl groups is 1. The quantitative estimate of drug-likeness (QED) is 0.389. The first-order chi connectivity index (χ1) is 16.7. The van der Waals surface area contributed by atoms with Crippen molar-refractivity contribution >= 4 is 35.3 Å². The molecule has 3 aromatic rings. The molecule has 9 heteroatoms. The van der Waals surface area contributed by atoms with Crippen LogP contribution in [0.2, 0.25) is 5.02 Å². The summed E-state index contributed by atoms with van der Waals surface area (Å²) in [6.07, 6.45) is -0.753. The summed E-state index contributed by atoms with van der Waals surface area (Å²) in [4.78, 5) is 36.5. The minimum absolute atomic E-state index is 0.0456. The first-order valence-electron chi connectivity index (χ1n) is 10.8. The Kier molecular flexibility index (Phi) is 6.77. The van der Waals surface area contributed by atoms with Gasteiger partial charge >= 0.3 is 12.1 Å². The van der Waals surface area contributed by atoms with E-state index >= 15 is 0 Å². The highest BCUT2D eigenvalue weighted by Gasteiger charge is 2.34. The van der Waals surface area contributed by atoms with Gasteiger partial charge in [0, 0.05) is 11.5 Å². The van der Waals surface area contributed by atoms with Crippen molar-refractivity contribution in [3.8, 4) is 11.1 Å². The van der Waals surface area contributed by atoms with E-state index in [4.69, 9.17) is 16.3 Å². The maximum absolute atomic E-state index is 12.6. The van der Waals surface area contributed by atoms with Crippen LogP contribution in [0.25, 0.3) is 11.1 Å². The van der Waals surface area contributed by atoms with Crippen LogP contribution in [0.15, 0.2) is 66.7 Å². The van der Waals surface area contributed by atoms with Crippen LogP contribution in [0.4, 0.5) is 10.5 Å². The van der Waals surface area contributed by atoms with E-state index in [0.29, 0.717) is 0 Å². The minimum Gasteiger partial charge on any atom is -0.479 e. The molecule has 180 valence electrons. The third-order valence-corrected chi connectivity index (χ3v) is 6.32. The lowest BCUT2D eigenvalue weighted by Gasteiger charge is -2.23. The fraction of sp³-hybridized carbons (Fsp3) is 0.192. The number of carbonyl (C=O) groups excluding carboxylic acids is 2. The van der Waals surface area contributed by atoms with Crippen LogP contribution in [0.1, 0.15) is 34.3 Å². The molecule has 2 amide bonds. The van der Waals surface area contributed by atoms with Crippen molar-refractivity contribution in [2.24, 2.45) is 0 Å². The van der Waals surface area contributed by atoms with E-state index < -0.39 is 30.1 Å². The molecule has 0 radical (unpaired) electrons. The third-order valence-electron chi connectivity index (χ3n) is 5.99. The molecule has 1 aliphatic carbocycles. The van der Waals surface area contributed by atoms with E-state index in [0.717, 1.165) is 22.3 Å². The molecule has 0 aromatic heterocycles. The molecule has 0 saturated carbocycles. The fourth-order valence-corrected chi connectivity index (χ4v) is 4.15. The number of benzene rings is 3. The molecule has 0 heterocycles. The van der Waals surface area contributed by atoms with Crippen LogP contribution >= 0.6 is 11.6 Å². The number of fused-ring (bicyclic) bond motifs is 3. The number of nitrogens with one attached hydrogen (secondary N) is 2. The van der Waals surface area contributed by atoms with Crippen LogP contribution in [-0.2, 0) is 9.53 Å². The number of anilines is 1. The molecule has 8 nitrogen and oxygen atoms in total. The first-order valence-corrected chi connectivity index (χ1v) is 11.2. The summed E-state index contributed by atoms with van der Waals surface area (Å²) >= 11 is 6.18. The highest BCUT2D eigenvalue weighted by Crippen LogP contribution is 2.44. The highest BCUT2D eigenvalue weighted by molar-refractivity contribution is 6.33. The second-order valence-electron chi connectivity index (χ2n) is 8.39. The molecule has 4 rings (SSSR count). The predicted molar refractivity (Wildman–Crippen MR) is 131 cm³/mol. The largest absolute Gasteiger partial charge is 0.479 e. The Hall–Kier alpha value is -3.88. The third kappa shape index (κ3) is 4.84. The van der Waals surface area contributed by atoms with Crippen LogP contribution in [0.3, 0.4) is 0 Å². The number of rotatable bonds is 7. The number of ether oxygens (including phenoxy) is 1. The van der Waals surface area contributed by atoms with Gasteiger partial charge in [0.25, 0.3) is 5.91 Å². The Morgan fingerprint density at radius 3 is 2.17 bits per heavy atom. The van der Waals surface area contributed by atoms with E-state index in [1.165, 1.54) is 25.1 Å². The van der Waals surface area contributed by atoms with Crippen molar-refractivity contribution in [2.75, 3.05) is 18.5 Å². The van der Waals surface area contributed by atoms with Gasteiger partial charge in [-0.15, -0.1) is 0 Å². The molecule has 0 spiro atoms. The van der Waals surface area contributed by atoms with Crippen molar-refractivity contribution in [2.45, 2.75) is 18.4 Å². The van der Waals surface area contributed by atoms with Crippen LogP contribution in [0, 0.1) is 0 Å². The van der Waals surface area contributed by atoms with Crippen molar-refractivity contribution in [3.63, 3.8) is 0 Å². The first kappa shape index (κ1) is 24.3. The Balaban J connectivity index is 1.46. The van der Waals surface area contributed by atoms with Crippen LogP contribution in [0.5, 0.6) is 0 Å². The van der Waals surface area contributed by atoms with Gasteiger partial charge in [-0.05, 0) is 47.4 Å². The topological polar surface area (TPSA) is 125 Å². The van der Waals surface area contributed by atoms with Crippen LogP contribution < -0.4 is 10.6 Å². The molecule has 1 aliphatic rings. The summed E-state index contributed by atoms with van der Waals surface area (Å²) < 4.78 is 5.51. The number of hydrogen-bond donors (Lipinski definition) is 4. The molecule has 0 aliphatic heterocycles. The van der Waals surface area contributed by atoms with Crippen molar-refractivity contribution in [1.82, 2.24) is 5.32 Å². The molecule has 0 bridgehead atoms.